The zero-order chi connectivity index (χ0) is 9.30. The van der Waals surface area contributed by atoms with E-state index in [2.05, 4.69) is 11.8 Å². The lowest BCUT2D eigenvalue weighted by molar-refractivity contribution is -0.115. The van der Waals surface area contributed by atoms with Gasteiger partial charge in [-0.3, -0.25) is 4.79 Å². The Kier molecular flexibility index (Phi) is 2.52. The maximum absolute atomic E-state index is 11.0. The van der Waals surface area contributed by atoms with Gasteiger partial charge in [-0.05, 0) is 19.9 Å². The maximum atomic E-state index is 11.0. The average Bonchev–Trinajstić information content (AvgIpc) is 1.96. The third-order valence-corrected chi connectivity index (χ3v) is 2.53. The average molecular weight is 168 g/mol. The molecule has 0 aromatic rings. The van der Waals surface area contributed by atoms with Crippen molar-refractivity contribution in [1.29, 1.82) is 0 Å². The van der Waals surface area contributed by atoms with Crippen molar-refractivity contribution in [3.05, 3.63) is 11.1 Å². The molecule has 3 heteroatoms. The summed E-state index contributed by atoms with van der Waals surface area (Å²) in [5.74, 6) is 0.178. The Bertz CT molecular complexity index is 233. The molecule has 2 N–H and O–H groups in total. The van der Waals surface area contributed by atoms with Crippen molar-refractivity contribution in [3.8, 4) is 0 Å². The van der Waals surface area contributed by atoms with Crippen LogP contribution in [-0.4, -0.2) is 30.9 Å². The summed E-state index contributed by atoms with van der Waals surface area (Å²) in [6.45, 7) is 5.83. The lowest BCUT2D eigenvalue weighted by Crippen LogP contribution is -2.37. The Labute approximate surface area is 73.2 Å². The van der Waals surface area contributed by atoms with Crippen molar-refractivity contribution in [3.63, 3.8) is 0 Å². The molecule has 1 atom stereocenters. The van der Waals surface area contributed by atoms with Gasteiger partial charge in [-0.1, -0.05) is 12.5 Å². The number of hydrogen-bond acceptors (Lipinski definition) is 2. The highest BCUT2D eigenvalue weighted by Crippen LogP contribution is 2.21. The second kappa shape index (κ2) is 3.27. The summed E-state index contributed by atoms with van der Waals surface area (Å²) in [6, 6.07) is 0. The van der Waals surface area contributed by atoms with Gasteiger partial charge in [-0.25, -0.2) is 0 Å². The molecule has 1 aliphatic heterocycles. The van der Waals surface area contributed by atoms with Gasteiger partial charge in [-0.15, -0.1) is 0 Å². The van der Waals surface area contributed by atoms with Gasteiger partial charge in [0.1, 0.15) is 0 Å². The fourth-order valence-electron chi connectivity index (χ4n) is 1.63. The summed E-state index contributed by atoms with van der Waals surface area (Å²) in [5.41, 5.74) is 7.20. The lowest BCUT2D eigenvalue weighted by Gasteiger charge is -2.29. The molecule has 1 heterocycles. The molecule has 3 nitrogen and oxygen atoms in total. The van der Waals surface area contributed by atoms with Gasteiger partial charge in [0.15, 0.2) is 0 Å². The van der Waals surface area contributed by atoms with E-state index in [0.29, 0.717) is 12.5 Å². The fraction of sp³-hybridized carbons (Fsp3) is 0.667. The lowest BCUT2D eigenvalue weighted by atomic mass is 9.92. The van der Waals surface area contributed by atoms with Crippen LogP contribution in [0.25, 0.3) is 0 Å². The zero-order valence-electron chi connectivity index (χ0n) is 7.92. The highest BCUT2D eigenvalue weighted by molar-refractivity contribution is 5.93. The first-order valence-electron chi connectivity index (χ1n) is 4.20. The van der Waals surface area contributed by atoms with Crippen molar-refractivity contribution in [2.75, 3.05) is 20.1 Å². The van der Waals surface area contributed by atoms with Gasteiger partial charge in [-0.2, -0.15) is 0 Å². The molecule has 1 amide bonds. The molecule has 0 spiro atoms. The van der Waals surface area contributed by atoms with Crippen LogP contribution in [0.15, 0.2) is 11.1 Å². The summed E-state index contributed by atoms with van der Waals surface area (Å²) in [4.78, 5) is 13.1. The van der Waals surface area contributed by atoms with Crippen LogP contribution in [0.3, 0.4) is 0 Å². The van der Waals surface area contributed by atoms with E-state index in [1.807, 2.05) is 14.0 Å². The van der Waals surface area contributed by atoms with E-state index in [9.17, 15) is 4.79 Å². The van der Waals surface area contributed by atoms with Crippen LogP contribution in [0, 0.1) is 5.92 Å². The third-order valence-electron chi connectivity index (χ3n) is 2.53. The van der Waals surface area contributed by atoms with Crippen molar-refractivity contribution in [2.45, 2.75) is 13.8 Å². The highest BCUT2D eigenvalue weighted by atomic mass is 16.1. The number of carbonyl (C=O) groups is 1. The minimum absolute atomic E-state index is 0.272. The van der Waals surface area contributed by atoms with Crippen LogP contribution in [0.1, 0.15) is 13.8 Å². The second-order valence-corrected chi connectivity index (χ2v) is 3.62. The van der Waals surface area contributed by atoms with Crippen molar-refractivity contribution >= 4 is 5.91 Å². The normalized spacial score (nSPS) is 26.1. The molecular weight excluding hydrogens is 152 g/mol. The number of hydrogen-bond donors (Lipinski definition) is 1. The first kappa shape index (κ1) is 9.26. The number of carbonyl (C=O) groups excluding carboxylic acids is 1. The second-order valence-electron chi connectivity index (χ2n) is 3.62. The topological polar surface area (TPSA) is 46.3 Å². The Morgan fingerprint density at radius 2 is 2.25 bits per heavy atom. The molecule has 0 saturated carbocycles. The summed E-state index contributed by atoms with van der Waals surface area (Å²) in [6.07, 6.45) is 0. The van der Waals surface area contributed by atoms with Gasteiger partial charge >= 0.3 is 0 Å². The van der Waals surface area contributed by atoms with E-state index in [-0.39, 0.29) is 5.91 Å². The molecule has 12 heavy (non-hydrogen) atoms. The van der Waals surface area contributed by atoms with Gasteiger partial charge in [0.25, 0.3) is 0 Å². The summed E-state index contributed by atoms with van der Waals surface area (Å²) in [5, 5.41) is 0. The van der Waals surface area contributed by atoms with E-state index >= 15 is 0 Å². The maximum Gasteiger partial charge on any atom is 0.245 e. The van der Waals surface area contributed by atoms with E-state index in [1.54, 1.807) is 0 Å². The van der Waals surface area contributed by atoms with Crippen LogP contribution >= 0.6 is 0 Å². The monoisotopic (exact) mass is 168 g/mol. The first-order valence-corrected chi connectivity index (χ1v) is 4.20. The molecule has 0 bridgehead atoms. The molecule has 1 rings (SSSR count). The molecular formula is C9H16N2O. The van der Waals surface area contributed by atoms with Crippen molar-refractivity contribution in [1.82, 2.24) is 4.90 Å². The fourth-order valence-corrected chi connectivity index (χ4v) is 1.63. The first-order chi connectivity index (χ1) is 5.52. The molecule has 0 fully saturated rings. The number of primary amides is 1. The quantitative estimate of drug-likeness (QED) is 0.615. The Balaban J connectivity index is 2.93. The van der Waals surface area contributed by atoms with Gasteiger partial charge < -0.3 is 10.6 Å². The molecule has 0 aromatic carbocycles. The molecule has 1 unspecified atom stereocenters. The molecule has 1 aliphatic rings. The third kappa shape index (κ3) is 1.67. The van der Waals surface area contributed by atoms with Crippen molar-refractivity contribution in [2.24, 2.45) is 11.7 Å². The largest absolute Gasteiger partial charge is 0.366 e. The predicted octanol–water partition coefficient (Wildman–Crippen LogP) is 0.370. The summed E-state index contributed by atoms with van der Waals surface area (Å²) >= 11 is 0. The van der Waals surface area contributed by atoms with E-state index in [0.717, 1.165) is 17.7 Å². The van der Waals surface area contributed by atoms with Crippen LogP contribution in [0.5, 0.6) is 0 Å². The van der Waals surface area contributed by atoms with E-state index < -0.39 is 0 Å². The Morgan fingerprint density at radius 1 is 1.67 bits per heavy atom. The highest BCUT2D eigenvalue weighted by Gasteiger charge is 2.22. The Hall–Kier alpha value is -0.830. The van der Waals surface area contributed by atoms with E-state index in [4.69, 9.17) is 5.73 Å². The Morgan fingerprint density at radius 3 is 2.75 bits per heavy atom. The SMILES string of the molecule is CC1=C(C(N)=O)CN(C)CC1C. The van der Waals surface area contributed by atoms with Crippen LogP contribution in [0.2, 0.25) is 0 Å². The summed E-state index contributed by atoms with van der Waals surface area (Å²) < 4.78 is 0. The van der Waals surface area contributed by atoms with Gasteiger partial charge in [0.2, 0.25) is 5.91 Å². The molecule has 0 aromatic heterocycles. The minimum Gasteiger partial charge on any atom is -0.366 e. The number of likely N-dealkylation sites (N-methyl/N-ethyl adjacent to an activating group) is 1. The van der Waals surface area contributed by atoms with Crippen LogP contribution in [0.4, 0.5) is 0 Å². The molecule has 0 saturated heterocycles. The van der Waals surface area contributed by atoms with Crippen molar-refractivity contribution < 1.29 is 4.79 Å². The molecule has 0 radical (unpaired) electrons. The smallest absolute Gasteiger partial charge is 0.245 e. The molecule has 0 aliphatic carbocycles. The number of nitrogens with zero attached hydrogens (tertiary/aromatic N) is 1. The predicted molar refractivity (Wildman–Crippen MR) is 48.6 cm³/mol. The van der Waals surface area contributed by atoms with Crippen LogP contribution in [-0.2, 0) is 4.79 Å². The summed E-state index contributed by atoms with van der Waals surface area (Å²) in [7, 11) is 2.01. The molecule has 68 valence electrons. The van der Waals surface area contributed by atoms with Gasteiger partial charge in [0.05, 0.1) is 0 Å². The van der Waals surface area contributed by atoms with Crippen LogP contribution < -0.4 is 5.73 Å². The van der Waals surface area contributed by atoms with Gasteiger partial charge in [0, 0.05) is 18.7 Å². The zero-order valence-corrected chi connectivity index (χ0v) is 7.92. The number of rotatable bonds is 1. The standard InChI is InChI=1S/C9H16N2O/c1-6-4-11(3)5-8(7(6)2)9(10)12/h6H,4-5H2,1-3H3,(H2,10,12). The number of nitrogens with two attached hydrogens (primary N) is 1. The minimum atomic E-state index is -0.272. The number of amides is 1. The van der Waals surface area contributed by atoms with E-state index in [1.165, 1.54) is 0 Å².